The number of ketones is 1. The summed E-state index contributed by atoms with van der Waals surface area (Å²) in [7, 11) is 0. The normalized spacial score (nSPS) is 10.4. The van der Waals surface area contributed by atoms with Crippen molar-refractivity contribution in [3.8, 4) is 0 Å². The first-order valence-corrected chi connectivity index (χ1v) is 6.39. The van der Waals surface area contributed by atoms with Gasteiger partial charge in [0.15, 0.2) is 5.78 Å². The number of hydrogen-bond donors (Lipinski definition) is 1. The van der Waals surface area contributed by atoms with Crippen molar-refractivity contribution in [3.63, 3.8) is 0 Å². The first-order valence-electron chi connectivity index (χ1n) is 6.39. The average molecular weight is 271 g/mol. The van der Waals surface area contributed by atoms with E-state index in [-0.39, 0.29) is 11.7 Å². The maximum absolute atomic E-state index is 12.2. The van der Waals surface area contributed by atoms with Crippen molar-refractivity contribution in [3.05, 3.63) is 52.5 Å². The Morgan fingerprint density at radius 3 is 2.05 bits per heavy atom. The lowest BCUT2D eigenvalue weighted by molar-refractivity contribution is 0.101. The zero-order valence-corrected chi connectivity index (χ0v) is 12.0. The highest BCUT2D eigenvalue weighted by atomic mass is 16.3. The van der Waals surface area contributed by atoms with Gasteiger partial charge in [0.25, 0.3) is 5.91 Å². The van der Waals surface area contributed by atoms with Crippen LogP contribution in [0.25, 0.3) is 0 Å². The molecule has 0 fully saturated rings. The summed E-state index contributed by atoms with van der Waals surface area (Å²) in [5.74, 6) is 1.16. The van der Waals surface area contributed by atoms with Crippen molar-refractivity contribution < 1.29 is 14.0 Å². The molecule has 1 aromatic heterocycles. The fourth-order valence-electron chi connectivity index (χ4n) is 2.11. The highest BCUT2D eigenvalue weighted by Crippen LogP contribution is 2.22. The third-order valence-corrected chi connectivity index (χ3v) is 3.34. The highest BCUT2D eigenvalue weighted by Gasteiger charge is 2.18. The third-order valence-electron chi connectivity index (χ3n) is 3.34. The van der Waals surface area contributed by atoms with E-state index in [1.165, 1.54) is 6.92 Å². The third kappa shape index (κ3) is 2.64. The second kappa shape index (κ2) is 5.33. The Bertz CT molecular complexity index is 666. The topological polar surface area (TPSA) is 59.3 Å². The van der Waals surface area contributed by atoms with E-state index in [1.807, 2.05) is 13.8 Å². The molecule has 2 aromatic rings. The summed E-state index contributed by atoms with van der Waals surface area (Å²) in [4.78, 5) is 23.4. The van der Waals surface area contributed by atoms with Crippen molar-refractivity contribution in [1.29, 1.82) is 0 Å². The van der Waals surface area contributed by atoms with E-state index >= 15 is 0 Å². The highest BCUT2D eigenvalue weighted by molar-refractivity contribution is 6.06. The van der Waals surface area contributed by atoms with Gasteiger partial charge in [0.2, 0.25) is 0 Å². The molecule has 4 nitrogen and oxygen atoms in total. The van der Waals surface area contributed by atoms with Crippen LogP contribution in [0, 0.1) is 20.8 Å². The van der Waals surface area contributed by atoms with Gasteiger partial charge in [-0.1, -0.05) is 0 Å². The van der Waals surface area contributed by atoms with Crippen LogP contribution in [0.5, 0.6) is 0 Å². The minimum Gasteiger partial charge on any atom is -0.466 e. The second-order valence-corrected chi connectivity index (χ2v) is 4.80. The molecular formula is C16H17NO3. The summed E-state index contributed by atoms with van der Waals surface area (Å²) >= 11 is 0. The molecule has 0 bridgehead atoms. The maximum Gasteiger partial charge on any atom is 0.259 e. The fraction of sp³-hybridized carbons (Fsp3) is 0.250. The Labute approximate surface area is 117 Å². The van der Waals surface area contributed by atoms with Crippen LogP contribution in [0.1, 0.15) is 44.7 Å². The molecule has 1 amide bonds. The molecule has 4 heteroatoms. The number of rotatable bonds is 3. The van der Waals surface area contributed by atoms with Gasteiger partial charge in [-0.2, -0.15) is 0 Å². The Hall–Kier alpha value is -2.36. The molecule has 0 aliphatic carbocycles. The number of carbonyl (C=O) groups is 2. The lowest BCUT2D eigenvalue weighted by Gasteiger charge is -2.06. The Balaban J connectivity index is 2.21. The van der Waals surface area contributed by atoms with Crippen molar-refractivity contribution in [2.24, 2.45) is 0 Å². The number of benzene rings is 1. The summed E-state index contributed by atoms with van der Waals surface area (Å²) < 4.78 is 5.45. The number of nitrogens with one attached hydrogen (secondary N) is 1. The van der Waals surface area contributed by atoms with E-state index < -0.39 is 0 Å². The van der Waals surface area contributed by atoms with Gasteiger partial charge in [0.05, 0.1) is 5.56 Å². The van der Waals surface area contributed by atoms with Crippen LogP contribution in [-0.2, 0) is 0 Å². The van der Waals surface area contributed by atoms with Gasteiger partial charge in [0.1, 0.15) is 11.5 Å². The van der Waals surface area contributed by atoms with Gasteiger partial charge < -0.3 is 9.73 Å². The summed E-state index contributed by atoms with van der Waals surface area (Å²) in [6.07, 6.45) is 0. The molecule has 0 unspecified atom stereocenters. The number of aryl methyl sites for hydroxylation is 2. The van der Waals surface area contributed by atoms with Crippen LogP contribution in [0.2, 0.25) is 0 Å². The van der Waals surface area contributed by atoms with Crippen LogP contribution in [0.3, 0.4) is 0 Å². The van der Waals surface area contributed by atoms with Crippen LogP contribution < -0.4 is 5.32 Å². The minimum absolute atomic E-state index is 0.0000230. The Morgan fingerprint density at radius 2 is 1.60 bits per heavy atom. The number of hydrogen-bond acceptors (Lipinski definition) is 3. The number of Topliss-reactive ketones (excluding diaryl/α,β-unsaturated/α-hetero) is 1. The van der Waals surface area contributed by atoms with Crippen molar-refractivity contribution >= 4 is 17.4 Å². The van der Waals surface area contributed by atoms with Crippen LogP contribution in [0.15, 0.2) is 28.7 Å². The molecule has 1 N–H and O–H groups in total. The van der Waals surface area contributed by atoms with Gasteiger partial charge in [-0.3, -0.25) is 9.59 Å². The van der Waals surface area contributed by atoms with E-state index in [0.717, 1.165) is 11.3 Å². The lowest BCUT2D eigenvalue weighted by atomic mass is 10.1. The van der Waals surface area contributed by atoms with Gasteiger partial charge in [0, 0.05) is 16.8 Å². The number of anilines is 1. The summed E-state index contributed by atoms with van der Waals surface area (Å²) in [5.41, 5.74) is 2.69. The van der Waals surface area contributed by atoms with Crippen LogP contribution in [-0.4, -0.2) is 11.7 Å². The standard InChI is InChI=1S/C16H17NO3/c1-9-11(3)20-12(4)15(9)16(19)17-14-7-5-13(6-8-14)10(2)18/h5-8H,1-4H3,(H,17,19). The second-order valence-electron chi connectivity index (χ2n) is 4.80. The van der Waals surface area contributed by atoms with Crippen LogP contribution >= 0.6 is 0 Å². The molecular weight excluding hydrogens is 254 g/mol. The van der Waals surface area contributed by atoms with E-state index in [9.17, 15) is 9.59 Å². The quantitative estimate of drug-likeness (QED) is 0.867. The molecule has 0 radical (unpaired) electrons. The van der Waals surface area contributed by atoms with Crippen molar-refractivity contribution in [1.82, 2.24) is 0 Å². The van der Waals surface area contributed by atoms with Gasteiger partial charge in [-0.05, 0) is 52.0 Å². The predicted molar refractivity (Wildman–Crippen MR) is 77.3 cm³/mol. The van der Waals surface area contributed by atoms with E-state index in [4.69, 9.17) is 4.42 Å². The van der Waals surface area contributed by atoms with Crippen molar-refractivity contribution in [2.75, 3.05) is 5.32 Å². The van der Waals surface area contributed by atoms with E-state index in [0.29, 0.717) is 22.6 Å². The first kappa shape index (κ1) is 14.1. The monoisotopic (exact) mass is 271 g/mol. The van der Waals surface area contributed by atoms with Gasteiger partial charge >= 0.3 is 0 Å². The summed E-state index contributed by atoms with van der Waals surface area (Å²) in [6, 6.07) is 6.81. The average Bonchev–Trinajstić information content (AvgIpc) is 2.63. The molecule has 0 saturated heterocycles. The molecule has 104 valence electrons. The van der Waals surface area contributed by atoms with Gasteiger partial charge in [-0.15, -0.1) is 0 Å². The molecule has 0 aliphatic rings. The molecule has 0 atom stereocenters. The molecule has 1 heterocycles. The number of carbonyl (C=O) groups excluding carboxylic acids is 2. The van der Waals surface area contributed by atoms with E-state index in [1.54, 1.807) is 31.2 Å². The zero-order valence-electron chi connectivity index (χ0n) is 12.0. The molecule has 1 aromatic carbocycles. The van der Waals surface area contributed by atoms with Crippen molar-refractivity contribution in [2.45, 2.75) is 27.7 Å². The maximum atomic E-state index is 12.2. The molecule has 0 saturated carbocycles. The fourth-order valence-corrected chi connectivity index (χ4v) is 2.11. The Kier molecular flexibility index (Phi) is 3.74. The summed E-state index contributed by atoms with van der Waals surface area (Å²) in [5, 5.41) is 2.81. The SMILES string of the molecule is CC(=O)c1ccc(NC(=O)c2c(C)oc(C)c2C)cc1. The molecule has 0 aliphatic heterocycles. The smallest absolute Gasteiger partial charge is 0.259 e. The molecule has 2 rings (SSSR count). The first-order chi connectivity index (χ1) is 9.40. The van der Waals surface area contributed by atoms with Crippen LogP contribution in [0.4, 0.5) is 5.69 Å². The van der Waals surface area contributed by atoms with Gasteiger partial charge in [-0.25, -0.2) is 0 Å². The molecule has 20 heavy (non-hydrogen) atoms. The predicted octanol–water partition coefficient (Wildman–Crippen LogP) is 3.66. The number of furan rings is 1. The molecule has 0 spiro atoms. The largest absolute Gasteiger partial charge is 0.466 e. The lowest BCUT2D eigenvalue weighted by Crippen LogP contribution is -2.13. The minimum atomic E-state index is -0.201. The summed E-state index contributed by atoms with van der Waals surface area (Å²) in [6.45, 7) is 6.97. The number of amides is 1. The van der Waals surface area contributed by atoms with E-state index in [2.05, 4.69) is 5.32 Å². The zero-order chi connectivity index (χ0) is 14.9. The Morgan fingerprint density at radius 1 is 1.00 bits per heavy atom.